The van der Waals surface area contributed by atoms with Gasteiger partial charge in [0.05, 0.1) is 0 Å². The maximum absolute atomic E-state index is 11.8. The standard InChI is InChI=1S/C19H27BrN4O.HI/c1-3-18(25)24-10-9-15(12-24)22-19(21-4-2)23-17-11-16(17)13-5-7-14(20)8-6-13;/h5-8,15-17H,3-4,9-12H2,1-2H3,(H2,21,22,23);1H. The number of carbonyl (C=O) groups excluding carboxylic acids is 1. The van der Waals surface area contributed by atoms with Gasteiger partial charge in [0.25, 0.3) is 0 Å². The quantitative estimate of drug-likeness (QED) is 0.345. The molecule has 0 aromatic heterocycles. The van der Waals surface area contributed by atoms with Crippen LogP contribution in [-0.2, 0) is 4.79 Å². The molecule has 5 nitrogen and oxygen atoms in total. The Labute approximate surface area is 181 Å². The largest absolute Gasteiger partial charge is 0.353 e. The average molecular weight is 535 g/mol. The molecule has 7 heteroatoms. The van der Waals surface area contributed by atoms with Gasteiger partial charge >= 0.3 is 0 Å². The number of amides is 1. The molecule has 1 saturated carbocycles. The number of rotatable bonds is 5. The molecule has 1 aromatic rings. The number of carbonyl (C=O) groups is 1. The first kappa shape index (κ1) is 21.5. The highest BCUT2D eigenvalue weighted by Crippen LogP contribution is 2.41. The van der Waals surface area contributed by atoms with Crippen LogP contribution in [0, 0.1) is 0 Å². The van der Waals surface area contributed by atoms with Crippen molar-refractivity contribution in [3.05, 3.63) is 34.3 Å². The van der Waals surface area contributed by atoms with Crippen LogP contribution in [0.4, 0.5) is 0 Å². The maximum Gasteiger partial charge on any atom is 0.222 e. The van der Waals surface area contributed by atoms with E-state index >= 15 is 0 Å². The van der Waals surface area contributed by atoms with Gasteiger partial charge in [0, 0.05) is 48.5 Å². The van der Waals surface area contributed by atoms with Gasteiger partial charge in [-0.05, 0) is 37.5 Å². The van der Waals surface area contributed by atoms with Gasteiger partial charge in [0.1, 0.15) is 0 Å². The summed E-state index contributed by atoms with van der Waals surface area (Å²) in [5.74, 6) is 1.67. The summed E-state index contributed by atoms with van der Waals surface area (Å²) >= 11 is 3.49. The predicted octanol–water partition coefficient (Wildman–Crippen LogP) is 3.49. The Bertz CT molecular complexity index is 637. The highest BCUT2D eigenvalue weighted by Gasteiger charge is 2.39. The molecule has 2 fully saturated rings. The van der Waals surface area contributed by atoms with E-state index in [1.807, 2.05) is 18.7 Å². The van der Waals surface area contributed by atoms with Crippen molar-refractivity contribution >= 4 is 51.8 Å². The van der Waals surface area contributed by atoms with Crippen LogP contribution < -0.4 is 10.6 Å². The summed E-state index contributed by atoms with van der Waals surface area (Å²) in [6.45, 7) is 6.33. The molecular weight excluding hydrogens is 507 g/mol. The van der Waals surface area contributed by atoms with Gasteiger partial charge in [-0.2, -0.15) is 0 Å². The second-order valence-corrected chi connectivity index (χ2v) is 7.71. The third kappa shape index (κ3) is 5.58. The summed E-state index contributed by atoms with van der Waals surface area (Å²) in [6, 6.07) is 9.30. The van der Waals surface area contributed by atoms with Gasteiger partial charge in [-0.3, -0.25) is 9.79 Å². The molecule has 1 aromatic carbocycles. The van der Waals surface area contributed by atoms with Crippen molar-refractivity contribution in [1.29, 1.82) is 0 Å². The van der Waals surface area contributed by atoms with Crippen molar-refractivity contribution in [2.45, 2.75) is 51.1 Å². The van der Waals surface area contributed by atoms with Gasteiger partial charge < -0.3 is 15.5 Å². The number of guanidine groups is 1. The molecule has 0 spiro atoms. The third-order valence-corrected chi connectivity index (χ3v) is 5.44. The molecule has 2 N–H and O–H groups in total. The first-order chi connectivity index (χ1) is 12.1. The average Bonchev–Trinajstić information content (AvgIpc) is 3.21. The molecule has 1 aliphatic carbocycles. The zero-order chi connectivity index (χ0) is 17.8. The van der Waals surface area contributed by atoms with Crippen molar-refractivity contribution in [3.63, 3.8) is 0 Å². The number of halogens is 2. The minimum Gasteiger partial charge on any atom is -0.353 e. The van der Waals surface area contributed by atoms with Crippen molar-refractivity contribution < 1.29 is 4.79 Å². The molecule has 1 aliphatic heterocycles. The van der Waals surface area contributed by atoms with Crippen LogP contribution in [0.3, 0.4) is 0 Å². The summed E-state index contributed by atoms with van der Waals surface area (Å²) in [7, 11) is 0. The van der Waals surface area contributed by atoms with E-state index in [0.29, 0.717) is 18.4 Å². The molecule has 144 valence electrons. The van der Waals surface area contributed by atoms with Gasteiger partial charge in [0.15, 0.2) is 5.96 Å². The Morgan fingerprint density at radius 2 is 2.00 bits per heavy atom. The number of nitrogens with one attached hydrogen (secondary N) is 2. The van der Waals surface area contributed by atoms with Gasteiger partial charge in [-0.25, -0.2) is 0 Å². The number of benzene rings is 1. The van der Waals surface area contributed by atoms with Crippen molar-refractivity contribution in [2.24, 2.45) is 4.99 Å². The van der Waals surface area contributed by atoms with E-state index < -0.39 is 0 Å². The first-order valence-corrected chi connectivity index (χ1v) is 10.0. The molecule has 26 heavy (non-hydrogen) atoms. The number of hydrogen-bond donors (Lipinski definition) is 2. The Morgan fingerprint density at radius 1 is 1.27 bits per heavy atom. The van der Waals surface area contributed by atoms with Crippen LogP contribution in [-0.4, -0.2) is 48.5 Å². The Balaban J connectivity index is 0.00000243. The maximum atomic E-state index is 11.8. The van der Waals surface area contributed by atoms with E-state index in [9.17, 15) is 4.79 Å². The zero-order valence-corrected chi connectivity index (χ0v) is 19.3. The molecule has 3 atom stereocenters. The topological polar surface area (TPSA) is 56.7 Å². The second-order valence-electron chi connectivity index (χ2n) is 6.79. The van der Waals surface area contributed by atoms with Crippen LogP contribution >= 0.6 is 39.9 Å². The van der Waals surface area contributed by atoms with Crippen molar-refractivity contribution in [3.8, 4) is 0 Å². The van der Waals surface area contributed by atoms with Crippen LogP contribution in [0.2, 0.25) is 0 Å². The van der Waals surface area contributed by atoms with Crippen LogP contribution in [0.1, 0.15) is 44.6 Å². The molecule has 1 amide bonds. The minimum atomic E-state index is 0. The fourth-order valence-corrected chi connectivity index (χ4v) is 3.69. The molecule has 0 radical (unpaired) electrons. The van der Waals surface area contributed by atoms with Gasteiger partial charge in [-0.15, -0.1) is 24.0 Å². The van der Waals surface area contributed by atoms with E-state index in [1.165, 1.54) is 5.56 Å². The summed E-state index contributed by atoms with van der Waals surface area (Å²) < 4.78 is 1.11. The molecule has 0 bridgehead atoms. The van der Waals surface area contributed by atoms with Gasteiger partial charge in [-0.1, -0.05) is 35.0 Å². The fourth-order valence-electron chi connectivity index (χ4n) is 3.42. The number of nitrogens with zero attached hydrogens (tertiary/aromatic N) is 2. The monoisotopic (exact) mass is 534 g/mol. The summed E-state index contributed by atoms with van der Waals surface area (Å²) in [5.41, 5.74) is 1.37. The molecule has 3 unspecified atom stereocenters. The lowest BCUT2D eigenvalue weighted by atomic mass is 10.1. The normalized spacial score (nSPS) is 24.8. The lowest BCUT2D eigenvalue weighted by Gasteiger charge is -2.19. The summed E-state index contributed by atoms with van der Waals surface area (Å²) in [6.07, 6.45) is 2.70. The van der Waals surface area contributed by atoms with Gasteiger partial charge in [0.2, 0.25) is 5.91 Å². The van der Waals surface area contributed by atoms with Crippen LogP contribution in [0.15, 0.2) is 33.7 Å². The smallest absolute Gasteiger partial charge is 0.222 e. The molecule has 2 aliphatic rings. The van der Waals surface area contributed by atoms with E-state index in [1.54, 1.807) is 0 Å². The predicted molar refractivity (Wildman–Crippen MR) is 120 cm³/mol. The van der Waals surface area contributed by atoms with E-state index in [-0.39, 0.29) is 35.9 Å². The third-order valence-electron chi connectivity index (χ3n) is 4.91. The molecule has 3 rings (SSSR count). The minimum absolute atomic E-state index is 0. The van der Waals surface area contributed by atoms with Crippen LogP contribution in [0.25, 0.3) is 0 Å². The number of aliphatic imine (C=N–C) groups is 1. The molecule has 1 saturated heterocycles. The zero-order valence-electron chi connectivity index (χ0n) is 15.4. The highest BCUT2D eigenvalue weighted by atomic mass is 127. The fraction of sp³-hybridized carbons (Fsp3) is 0.579. The SMILES string of the molecule is CCN=C(NC1CCN(C(=O)CC)C1)NC1CC1c1ccc(Br)cc1.I. The Hall–Kier alpha value is -0.830. The molecule has 1 heterocycles. The van der Waals surface area contributed by atoms with E-state index in [4.69, 9.17) is 0 Å². The summed E-state index contributed by atoms with van der Waals surface area (Å²) in [4.78, 5) is 18.4. The lowest BCUT2D eigenvalue weighted by molar-refractivity contribution is -0.129. The van der Waals surface area contributed by atoms with Crippen LogP contribution in [0.5, 0.6) is 0 Å². The van der Waals surface area contributed by atoms with E-state index in [2.05, 4.69) is 55.8 Å². The summed E-state index contributed by atoms with van der Waals surface area (Å²) in [5, 5.41) is 7.08. The first-order valence-electron chi connectivity index (χ1n) is 9.21. The number of likely N-dealkylation sites (tertiary alicyclic amines) is 1. The Kier molecular flexibility index (Phi) is 8.19. The number of hydrogen-bond acceptors (Lipinski definition) is 2. The lowest BCUT2D eigenvalue weighted by Crippen LogP contribution is -2.46. The molecular formula is C19H28BrIN4O. The second kappa shape index (κ2) is 9.92. The Morgan fingerprint density at radius 3 is 2.65 bits per heavy atom. The van der Waals surface area contributed by atoms with Crippen molar-refractivity contribution in [1.82, 2.24) is 15.5 Å². The highest BCUT2D eigenvalue weighted by molar-refractivity contribution is 14.0. The van der Waals surface area contributed by atoms with Crippen molar-refractivity contribution in [2.75, 3.05) is 19.6 Å². The van der Waals surface area contributed by atoms with E-state index in [0.717, 1.165) is 42.9 Å².